The first-order valence-electron chi connectivity index (χ1n) is 6.52. The summed E-state index contributed by atoms with van der Waals surface area (Å²) in [5.41, 5.74) is 0.805. The molecule has 3 nitrogen and oxygen atoms in total. The van der Waals surface area contributed by atoms with E-state index in [1.807, 2.05) is 12.1 Å². The van der Waals surface area contributed by atoms with Crippen molar-refractivity contribution < 1.29 is 4.79 Å². The monoisotopic (exact) mass is 302 g/mol. The summed E-state index contributed by atoms with van der Waals surface area (Å²) in [6.45, 7) is 2.56. The van der Waals surface area contributed by atoms with Gasteiger partial charge in [-0.3, -0.25) is 9.69 Å². The van der Waals surface area contributed by atoms with Crippen molar-refractivity contribution in [2.75, 3.05) is 25.0 Å². The van der Waals surface area contributed by atoms with Gasteiger partial charge in [0.2, 0.25) is 5.91 Å². The van der Waals surface area contributed by atoms with E-state index in [1.54, 1.807) is 12.1 Å². The van der Waals surface area contributed by atoms with Gasteiger partial charge in [-0.2, -0.15) is 0 Å². The number of hydrogen-bond acceptors (Lipinski definition) is 2. The van der Waals surface area contributed by atoms with Crippen molar-refractivity contribution in [3.63, 3.8) is 0 Å². The molecule has 1 N–H and O–H groups in total. The summed E-state index contributed by atoms with van der Waals surface area (Å²) >= 11 is 5.80. The number of anilines is 1. The minimum atomic E-state index is 0. The van der Waals surface area contributed by atoms with Crippen LogP contribution < -0.4 is 5.32 Å². The van der Waals surface area contributed by atoms with Crippen LogP contribution in [0, 0.1) is 0 Å². The van der Waals surface area contributed by atoms with E-state index in [4.69, 9.17) is 11.6 Å². The van der Waals surface area contributed by atoms with Gasteiger partial charge in [0, 0.05) is 10.7 Å². The average molecular weight is 303 g/mol. The van der Waals surface area contributed by atoms with E-state index in [0.717, 1.165) is 18.8 Å². The van der Waals surface area contributed by atoms with E-state index < -0.39 is 0 Å². The molecule has 5 heteroatoms. The maximum atomic E-state index is 11.9. The van der Waals surface area contributed by atoms with Gasteiger partial charge in [-0.15, -0.1) is 12.4 Å². The summed E-state index contributed by atoms with van der Waals surface area (Å²) in [5, 5.41) is 3.58. The molecule has 1 saturated heterocycles. The molecule has 1 heterocycles. The fourth-order valence-corrected chi connectivity index (χ4v) is 2.36. The molecular weight excluding hydrogens is 283 g/mol. The van der Waals surface area contributed by atoms with Gasteiger partial charge in [0.15, 0.2) is 0 Å². The zero-order valence-corrected chi connectivity index (χ0v) is 12.5. The third-order valence-corrected chi connectivity index (χ3v) is 3.45. The van der Waals surface area contributed by atoms with Gasteiger partial charge < -0.3 is 5.32 Å². The molecule has 0 atom stereocenters. The van der Waals surface area contributed by atoms with Gasteiger partial charge in [0.1, 0.15) is 0 Å². The Kier molecular flexibility index (Phi) is 7.21. The SMILES string of the molecule is Cl.O=C(CN1CCCCCC1)Nc1ccc(Cl)cc1. The fourth-order valence-electron chi connectivity index (χ4n) is 2.23. The summed E-state index contributed by atoms with van der Waals surface area (Å²) in [6, 6.07) is 7.21. The van der Waals surface area contributed by atoms with Crippen LogP contribution in [0.3, 0.4) is 0 Å². The van der Waals surface area contributed by atoms with Gasteiger partial charge in [0.05, 0.1) is 6.54 Å². The van der Waals surface area contributed by atoms with E-state index in [2.05, 4.69) is 10.2 Å². The van der Waals surface area contributed by atoms with Crippen molar-refractivity contribution >= 4 is 35.6 Å². The Morgan fingerprint density at radius 2 is 1.68 bits per heavy atom. The first-order valence-corrected chi connectivity index (χ1v) is 6.89. The lowest BCUT2D eigenvalue weighted by Gasteiger charge is -2.18. The second kappa shape index (κ2) is 8.41. The van der Waals surface area contributed by atoms with E-state index in [1.165, 1.54) is 25.7 Å². The van der Waals surface area contributed by atoms with Crippen LogP contribution in [0.4, 0.5) is 5.69 Å². The van der Waals surface area contributed by atoms with E-state index in [9.17, 15) is 4.79 Å². The van der Waals surface area contributed by atoms with Gasteiger partial charge in [-0.05, 0) is 50.2 Å². The Hall–Kier alpha value is -0.770. The molecule has 0 aromatic heterocycles. The number of amides is 1. The Bertz CT molecular complexity index is 387. The Morgan fingerprint density at radius 3 is 2.26 bits per heavy atom. The topological polar surface area (TPSA) is 32.3 Å². The van der Waals surface area contributed by atoms with Crippen molar-refractivity contribution in [3.8, 4) is 0 Å². The normalized spacial score (nSPS) is 16.3. The molecule has 0 aliphatic carbocycles. The molecular formula is C14H20Cl2N2O. The third-order valence-electron chi connectivity index (χ3n) is 3.19. The predicted molar refractivity (Wildman–Crippen MR) is 82.2 cm³/mol. The van der Waals surface area contributed by atoms with Crippen molar-refractivity contribution in [1.82, 2.24) is 4.90 Å². The van der Waals surface area contributed by atoms with Crippen LogP contribution in [-0.2, 0) is 4.79 Å². The van der Waals surface area contributed by atoms with Crippen LogP contribution in [0.25, 0.3) is 0 Å². The molecule has 1 amide bonds. The summed E-state index contributed by atoms with van der Waals surface area (Å²) < 4.78 is 0. The number of rotatable bonds is 3. The summed E-state index contributed by atoms with van der Waals surface area (Å²) in [6.07, 6.45) is 4.98. The van der Waals surface area contributed by atoms with Gasteiger partial charge in [-0.1, -0.05) is 24.4 Å². The standard InChI is InChI=1S/C14H19ClN2O.ClH/c15-12-5-7-13(8-6-12)16-14(18)11-17-9-3-1-2-4-10-17;/h5-8H,1-4,9-11H2,(H,16,18);1H. The van der Waals surface area contributed by atoms with Crippen molar-refractivity contribution in [3.05, 3.63) is 29.3 Å². The van der Waals surface area contributed by atoms with Crippen LogP contribution in [0.1, 0.15) is 25.7 Å². The summed E-state index contributed by atoms with van der Waals surface area (Å²) in [5.74, 6) is 0.0548. The van der Waals surface area contributed by atoms with Crippen LogP contribution in [0.5, 0.6) is 0 Å². The molecule has 0 spiro atoms. The zero-order chi connectivity index (χ0) is 12.8. The largest absolute Gasteiger partial charge is 0.325 e. The molecule has 1 aromatic carbocycles. The number of likely N-dealkylation sites (tertiary alicyclic amines) is 1. The Labute approximate surface area is 125 Å². The van der Waals surface area contributed by atoms with Crippen LogP contribution in [0.15, 0.2) is 24.3 Å². The maximum absolute atomic E-state index is 11.9. The fraction of sp³-hybridized carbons (Fsp3) is 0.500. The Morgan fingerprint density at radius 1 is 1.11 bits per heavy atom. The first kappa shape index (κ1) is 16.3. The molecule has 19 heavy (non-hydrogen) atoms. The number of carbonyl (C=O) groups is 1. The number of nitrogens with zero attached hydrogens (tertiary/aromatic N) is 1. The summed E-state index contributed by atoms with van der Waals surface area (Å²) in [7, 11) is 0. The number of hydrogen-bond donors (Lipinski definition) is 1. The highest BCUT2D eigenvalue weighted by molar-refractivity contribution is 6.30. The van der Waals surface area contributed by atoms with Crippen LogP contribution in [0.2, 0.25) is 5.02 Å². The summed E-state index contributed by atoms with van der Waals surface area (Å²) in [4.78, 5) is 14.1. The van der Waals surface area contributed by atoms with Crippen LogP contribution in [-0.4, -0.2) is 30.4 Å². The van der Waals surface area contributed by atoms with Crippen LogP contribution >= 0.6 is 24.0 Å². The van der Waals surface area contributed by atoms with Crippen molar-refractivity contribution in [2.24, 2.45) is 0 Å². The number of benzene rings is 1. The minimum Gasteiger partial charge on any atom is -0.325 e. The molecule has 1 aliphatic heterocycles. The lowest BCUT2D eigenvalue weighted by atomic mass is 10.2. The zero-order valence-electron chi connectivity index (χ0n) is 10.9. The molecule has 1 aliphatic rings. The highest BCUT2D eigenvalue weighted by atomic mass is 35.5. The van der Waals surface area contributed by atoms with E-state index in [0.29, 0.717) is 11.6 Å². The molecule has 0 bridgehead atoms. The molecule has 106 valence electrons. The second-order valence-electron chi connectivity index (χ2n) is 4.75. The smallest absolute Gasteiger partial charge is 0.238 e. The average Bonchev–Trinajstić information content (AvgIpc) is 2.61. The third kappa shape index (κ3) is 5.81. The number of nitrogens with one attached hydrogen (secondary N) is 1. The Balaban J connectivity index is 0.00000180. The van der Waals surface area contributed by atoms with Crippen molar-refractivity contribution in [2.45, 2.75) is 25.7 Å². The molecule has 0 saturated carbocycles. The molecule has 0 unspecified atom stereocenters. The van der Waals surface area contributed by atoms with Gasteiger partial charge in [0.25, 0.3) is 0 Å². The molecule has 0 radical (unpaired) electrons. The quantitative estimate of drug-likeness (QED) is 0.925. The predicted octanol–water partition coefficient (Wildman–Crippen LogP) is 3.58. The van der Waals surface area contributed by atoms with E-state index in [-0.39, 0.29) is 18.3 Å². The lowest BCUT2D eigenvalue weighted by molar-refractivity contribution is -0.117. The van der Waals surface area contributed by atoms with Crippen molar-refractivity contribution in [1.29, 1.82) is 0 Å². The first-order chi connectivity index (χ1) is 8.74. The minimum absolute atomic E-state index is 0. The second-order valence-corrected chi connectivity index (χ2v) is 5.18. The maximum Gasteiger partial charge on any atom is 0.238 e. The van der Waals surface area contributed by atoms with Gasteiger partial charge in [-0.25, -0.2) is 0 Å². The van der Waals surface area contributed by atoms with Gasteiger partial charge >= 0.3 is 0 Å². The highest BCUT2D eigenvalue weighted by Gasteiger charge is 2.12. The number of carbonyl (C=O) groups excluding carboxylic acids is 1. The molecule has 2 rings (SSSR count). The molecule has 1 fully saturated rings. The molecule has 1 aromatic rings. The number of halogens is 2. The lowest BCUT2D eigenvalue weighted by Crippen LogP contribution is -2.33. The van der Waals surface area contributed by atoms with E-state index >= 15 is 0 Å². The highest BCUT2D eigenvalue weighted by Crippen LogP contribution is 2.14.